The molecule has 1 unspecified atom stereocenters. The molecule has 1 rings (SSSR count). The minimum atomic E-state index is -0.534. The summed E-state index contributed by atoms with van der Waals surface area (Å²) in [6.07, 6.45) is 6.55. The number of carbonyl (C=O) groups excluding carboxylic acids is 3. The largest absolute Gasteiger partial charge is 0.465 e. The Morgan fingerprint density at radius 1 is 1.39 bits per heavy atom. The molecular formula is C17H24N2O4. The lowest BCUT2D eigenvalue weighted by Crippen LogP contribution is -2.47. The molecule has 6 heteroatoms. The Morgan fingerprint density at radius 3 is 2.78 bits per heavy atom. The molecule has 0 aromatic carbocycles. The monoisotopic (exact) mass is 320 g/mol. The van der Waals surface area contributed by atoms with E-state index < -0.39 is 12.0 Å². The fourth-order valence-electron chi connectivity index (χ4n) is 2.39. The van der Waals surface area contributed by atoms with Crippen LogP contribution < -0.4 is 5.32 Å². The van der Waals surface area contributed by atoms with Crippen LogP contribution in [0.25, 0.3) is 0 Å². The number of likely N-dealkylation sites (tertiary alicyclic amines) is 1. The van der Waals surface area contributed by atoms with Crippen molar-refractivity contribution in [3.05, 3.63) is 37.0 Å². The lowest BCUT2D eigenvalue weighted by Gasteiger charge is -2.24. The van der Waals surface area contributed by atoms with Crippen molar-refractivity contribution in [2.75, 3.05) is 19.7 Å². The maximum atomic E-state index is 12.3. The molecule has 0 radical (unpaired) electrons. The molecule has 0 saturated carbocycles. The third-order valence-corrected chi connectivity index (χ3v) is 3.43. The predicted molar refractivity (Wildman–Crippen MR) is 87.5 cm³/mol. The summed E-state index contributed by atoms with van der Waals surface area (Å²) >= 11 is 0. The number of allylic oxidation sites excluding steroid dienone is 3. The number of hydrogen-bond acceptors (Lipinski definition) is 4. The van der Waals surface area contributed by atoms with Gasteiger partial charge in [-0.25, -0.2) is 0 Å². The summed E-state index contributed by atoms with van der Waals surface area (Å²) < 4.78 is 4.76. The van der Waals surface area contributed by atoms with E-state index in [-0.39, 0.29) is 31.4 Å². The van der Waals surface area contributed by atoms with E-state index in [0.29, 0.717) is 18.5 Å². The predicted octanol–water partition coefficient (Wildman–Crippen LogP) is 1.35. The molecule has 1 N–H and O–H groups in total. The van der Waals surface area contributed by atoms with Crippen LogP contribution in [0.2, 0.25) is 0 Å². The molecule has 1 aliphatic heterocycles. The molecule has 0 aromatic heterocycles. The van der Waals surface area contributed by atoms with Crippen molar-refractivity contribution in [2.24, 2.45) is 0 Å². The first-order chi connectivity index (χ1) is 11.0. The van der Waals surface area contributed by atoms with Gasteiger partial charge in [0.15, 0.2) is 0 Å². The van der Waals surface area contributed by atoms with Gasteiger partial charge in [0.2, 0.25) is 11.8 Å². The highest BCUT2D eigenvalue weighted by Gasteiger charge is 2.33. The van der Waals surface area contributed by atoms with Gasteiger partial charge >= 0.3 is 5.97 Å². The number of rotatable bonds is 8. The summed E-state index contributed by atoms with van der Waals surface area (Å²) in [5.41, 5.74) is 0.660. The summed E-state index contributed by atoms with van der Waals surface area (Å²) in [5.74, 6) is -0.951. The smallest absolute Gasteiger partial charge is 0.325 e. The van der Waals surface area contributed by atoms with Crippen LogP contribution >= 0.6 is 0 Å². The van der Waals surface area contributed by atoms with E-state index in [4.69, 9.17) is 4.74 Å². The Hall–Kier alpha value is -2.37. The third-order valence-electron chi connectivity index (χ3n) is 3.43. The Balaban J connectivity index is 2.55. The van der Waals surface area contributed by atoms with Crippen molar-refractivity contribution in [2.45, 2.75) is 32.2 Å². The summed E-state index contributed by atoms with van der Waals surface area (Å²) in [6, 6.07) is -0.534. The van der Waals surface area contributed by atoms with Crippen LogP contribution in [-0.4, -0.2) is 48.4 Å². The molecule has 6 nitrogen and oxygen atoms in total. The van der Waals surface area contributed by atoms with Gasteiger partial charge in [0, 0.05) is 6.54 Å². The van der Waals surface area contributed by atoms with Crippen molar-refractivity contribution < 1.29 is 19.1 Å². The number of amides is 2. The Labute approximate surface area is 136 Å². The first kappa shape index (κ1) is 18.7. The molecular weight excluding hydrogens is 296 g/mol. The molecule has 1 saturated heterocycles. The second-order valence-electron chi connectivity index (χ2n) is 5.20. The molecule has 0 aromatic rings. The highest BCUT2D eigenvalue weighted by Crippen LogP contribution is 2.19. The van der Waals surface area contributed by atoms with E-state index >= 15 is 0 Å². The van der Waals surface area contributed by atoms with E-state index in [1.54, 1.807) is 30.1 Å². The van der Waals surface area contributed by atoms with Crippen LogP contribution in [0.5, 0.6) is 0 Å². The van der Waals surface area contributed by atoms with E-state index in [1.807, 2.05) is 0 Å². The van der Waals surface area contributed by atoms with E-state index in [2.05, 4.69) is 18.5 Å². The lowest BCUT2D eigenvalue weighted by molar-refractivity contribution is -0.144. The number of nitrogens with one attached hydrogen (secondary N) is 1. The Bertz CT molecular complexity index is 511. The van der Waals surface area contributed by atoms with Gasteiger partial charge in [-0.3, -0.25) is 14.4 Å². The van der Waals surface area contributed by atoms with E-state index in [1.165, 1.54) is 0 Å². The van der Waals surface area contributed by atoms with Crippen molar-refractivity contribution in [3.63, 3.8) is 0 Å². The zero-order valence-electron chi connectivity index (χ0n) is 13.5. The maximum Gasteiger partial charge on any atom is 0.325 e. The lowest BCUT2D eigenvalue weighted by atomic mass is 10.1. The van der Waals surface area contributed by atoms with E-state index in [9.17, 15) is 14.4 Å². The SMILES string of the molecule is C=C/C=C\C(=C)CC(=O)N1CCCC1C(=O)NCC(=O)OCC. The van der Waals surface area contributed by atoms with Crippen LogP contribution in [0.3, 0.4) is 0 Å². The molecule has 2 amide bonds. The highest BCUT2D eigenvalue weighted by molar-refractivity contribution is 5.90. The van der Waals surface area contributed by atoms with Crippen molar-refractivity contribution >= 4 is 17.8 Å². The molecule has 1 atom stereocenters. The number of ether oxygens (including phenoxy) is 1. The minimum Gasteiger partial charge on any atom is -0.465 e. The van der Waals surface area contributed by atoms with Gasteiger partial charge in [-0.05, 0) is 25.3 Å². The number of nitrogens with zero attached hydrogens (tertiary/aromatic N) is 1. The zero-order chi connectivity index (χ0) is 17.2. The van der Waals surface area contributed by atoms with Gasteiger partial charge in [0.1, 0.15) is 12.6 Å². The van der Waals surface area contributed by atoms with Crippen molar-refractivity contribution in [1.29, 1.82) is 0 Å². The topological polar surface area (TPSA) is 75.7 Å². The molecule has 23 heavy (non-hydrogen) atoms. The Morgan fingerprint density at radius 2 is 2.13 bits per heavy atom. The average molecular weight is 320 g/mol. The van der Waals surface area contributed by atoms with Crippen LogP contribution in [-0.2, 0) is 19.1 Å². The van der Waals surface area contributed by atoms with Gasteiger partial charge in [-0.2, -0.15) is 0 Å². The second kappa shape index (κ2) is 9.61. The average Bonchev–Trinajstić information content (AvgIpc) is 3.00. The number of esters is 1. The summed E-state index contributed by atoms with van der Waals surface area (Å²) in [4.78, 5) is 37.3. The molecule has 0 bridgehead atoms. The van der Waals surface area contributed by atoms with Gasteiger partial charge in [0.25, 0.3) is 0 Å². The van der Waals surface area contributed by atoms with Gasteiger partial charge < -0.3 is 15.0 Å². The normalized spacial score (nSPS) is 17.1. The Kier molecular flexibility index (Phi) is 7.80. The third kappa shape index (κ3) is 6.10. The van der Waals surface area contributed by atoms with Crippen molar-refractivity contribution in [3.8, 4) is 0 Å². The fraction of sp³-hybridized carbons (Fsp3) is 0.471. The van der Waals surface area contributed by atoms with Crippen LogP contribution in [0.4, 0.5) is 0 Å². The fourth-order valence-corrected chi connectivity index (χ4v) is 2.39. The van der Waals surface area contributed by atoms with Crippen LogP contribution in [0, 0.1) is 0 Å². The summed E-state index contributed by atoms with van der Waals surface area (Å²) in [7, 11) is 0. The maximum absolute atomic E-state index is 12.3. The molecule has 126 valence electrons. The van der Waals surface area contributed by atoms with Crippen LogP contribution in [0.1, 0.15) is 26.2 Å². The zero-order valence-corrected chi connectivity index (χ0v) is 13.5. The molecule has 0 aliphatic carbocycles. The number of hydrogen-bond donors (Lipinski definition) is 1. The molecule has 1 heterocycles. The minimum absolute atomic E-state index is 0.141. The molecule has 0 spiro atoms. The summed E-state index contributed by atoms with van der Waals surface area (Å²) in [5, 5.41) is 2.52. The quantitative estimate of drug-likeness (QED) is 0.541. The first-order valence-electron chi connectivity index (χ1n) is 7.69. The van der Waals surface area contributed by atoms with Crippen LogP contribution in [0.15, 0.2) is 37.0 Å². The van der Waals surface area contributed by atoms with Gasteiger partial charge in [-0.15, -0.1) is 0 Å². The molecule has 1 fully saturated rings. The first-order valence-corrected chi connectivity index (χ1v) is 7.69. The van der Waals surface area contributed by atoms with E-state index in [0.717, 1.165) is 6.42 Å². The standard InChI is InChI=1S/C17H24N2O4/c1-4-6-8-13(3)11-15(20)19-10-7-9-14(19)17(22)18-12-16(21)23-5-2/h4,6,8,14H,1,3,5,7,9-12H2,2H3,(H,18,22)/b8-6-. The van der Waals surface area contributed by atoms with Gasteiger partial charge in [0.05, 0.1) is 13.0 Å². The summed E-state index contributed by atoms with van der Waals surface area (Å²) in [6.45, 7) is 9.69. The molecule has 1 aliphatic rings. The second-order valence-corrected chi connectivity index (χ2v) is 5.20. The van der Waals surface area contributed by atoms with Gasteiger partial charge in [-0.1, -0.05) is 31.4 Å². The van der Waals surface area contributed by atoms with Crippen molar-refractivity contribution in [1.82, 2.24) is 10.2 Å². The highest BCUT2D eigenvalue weighted by atomic mass is 16.5. The number of carbonyl (C=O) groups is 3.